The van der Waals surface area contributed by atoms with Crippen LogP contribution in [-0.2, 0) is 9.63 Å². The molecule has 4 rings (SSSR count). The highest BCUT2D eigenvalue weighted by molar-refractivity contribution is 8.16. The molecule has 0 saturated carbocycles. The highest BCUT2D eigenvalue weighted by Crippen LogP contribution is 2.49. The minimum absolute atomic E-state index is 0.112. The van der Waals surface area contributed by atoms with Crippen LogP contribution in [0.25, 0.3) is 9.81 Å². The number of hydrogen-bond acceptors (Lipinski definition) is 5. The molecule has 2 N–H and O–H groups in total. The Bertz CT molecular complexity index is 918. The average Bonchev–Trinajstić information content (AvgIpc) is 2.90. The van der Waals surface area contributed by atoms with Gasteiger partial charge in [0.2, 0.25) is 0 Å². The van der Waals surface area contributed by atoms with E-state index in [2.05, 4.69) is 5.16 Å². The van der Waals surface area contributed by atoms with Crippen molar-refractivity contribution in [1.29, 1.82) is 0 Å². The van der Waals surface area contributed by atoms with Gasteiger partial charge in [-0.25, -0.2) is 4.79 Å². The molecule has 0 aromatic heterocycles. The number of carbonyl (C=O) groups is 1. The molecule has 130 valence electrons. The number of rotatable bonds is 2. The van der Waals surface area contributed by atoms with Gasteiger partial charge in [0.25, 0.3) is 0 Å². The molecule has 26 heavy (non-hydrogen) atoms. The van der Waals surface area contributed by atoms with Crippen LogP contribution in [0.1, 0.15) is 11.1 Å². The largest absolute Gasteiger partial charge is 0.383 e. The van der Waals surface area contributed by atoms with Crippen molar-refractivity contribution in [3.05, 3.63) is 81.9 Å². The van der Waals surface area contributed by atoms with Crippen molar-refractivity contribution in [2.45, 2.75) is 0 Å². The lowest BCUT2D eigenvalue weighted by molar-refractivity contribution is -0.144. The first kappa shape index (κ1) is 17.2. The molecule has 7 heteroatoms. The second-order valence-electron chi connectivity index (χ2n) is 5.86. The van der Waals surface area contributed by atoms with Gasteiger partial charge in [-0.1, -0.05) is 64.4 Å². The number of hydrogen-bond donors (Lipinski definition) is 1. The number of nitrogens with two attached hydrogens (primary N) is 1. The summed E-state index contributed by atoms with van der Waals surface area (Å²) >= 11 is 13.5. The van der Waals surface area contributed by atoms with Crippen LogP contribution in [0.3, 0.4) is 0 Å². The highest BCUT2D eigenvalue weighted by atomic mass is 35.5. The standard InChI is InChI=1S/C19H12Cl2N2O2S/c20-13-5-1-11(2-6-13)15-9-19(17(22)23-25-18(19)24)10-16(26-15)12-3-7-14(21)8-4-12/h1-10H,(H2,22,23). The van der Waals surface area contributed by atoms with Gasteiger partial charge in [0, 0.05) is 19.9 Å². The van der Waals surface area contributed by atoms with E-state index in [0.29, 0.717) is 10.0 Å². The molecule has 2 heterocycles. The van der Waals surface area contributed by atoms with Crippen molar-refractivity contribution < 1.29 is 9.63 Å². The third kappa shape index (κ3) is 2.92. The van der Waals surface area contributed by atoms with Crippen LogP contribution in [0.2, 0.25) is 10.0 Å². The van der Waals surface area contributed by atoms with Gasteiger partial charge in [0.15, 0.2) is 11.3 Å². The van der Waals surface area contributed by atoms with E-state index in [-0.39, 0.29) is 5.84 Å². The summed E-state index contributed by atoms with van der Waals surface area (Å²) < 4.78 is 0. The van der Waals surface area contributed by atoms with E-state index in [1.807, 2.05) is 24.3 Å². The van der Waals surface area contributed by atoms with Crippen molar-refractivity contribution in [3.8, 4) is 0 Å². The second-order valence-corrected chi connectivity index (χ2v) is 7.81. The van der Waals surface area contributed by atoms with E-state index >= 15 is 0 Å². The van der Waals surface area contributed by atoms with Crippen LogP contribution in [-0.4, -0.2) is 11.8 Å². The molecular weight excluding hydrogens is 391 g/mol. The minimum atomic E-state index is -1.21. The van der Waals surface area contributed by atoms with Crippen LogP contribution in [0.15, 0.2) is 65.8 Å². The third-order valence-corrected chi connectivity index (χ3v) is 5.83. The molecule has 2 aromatic rings. The summed E-state index contributed by atoms with van der Waals surface area (Å²) in [4.78, 5) is 19.0. The molecule has 1 spiro atoms. The molecule has 2 aliphatic heterocycles. The smallest absolute Gasteiger partial charge is 0.356 e. The Balaban J connectivity index is 1.85. The summed E-state index contributed by atoms with van der Waals surface area (Å²) in [6.07, 6.45) is 3.57. The van der Waals surface area contributed by atoms with Crippen LogP contribution < -0.4 is 5.73 Å². The van der Waals surface area contributed by atoms with Crippen LogP contribution in [0.4, 0.5) is 0 Å². The zero-order valence-electron chi connectivity index (χ0n) is 13.3. The summed E-state index contributed by atoms with van der Waals surface area (Å²) in [5.74, 6) is -0.408. The normalized spacial score (nSPS) is 18.2. The van der Waals surface area contributed by atoms with Crippen molar-refractivity contribution >= 4 is 56.6 Å². The maximum absolute atomic E-state index is 12.5. The quantitative estimate of drug-likeness (QED) is 0.722. The third-order valence-electron chi connectivity index (χ3n) is 4.18. The molecule has 0 radical (unpaired) electrons. The number of halogens is 2. The lowest BCUT2D eigenvalue weighted by Gasteiger charge is -2.26. The molecule has 0 fully saturated rings. The Hall–Kier alpha value is -2.21. The molecule has 0 bridgehead atoms. The molecular formula is C19H12Cl2N2O2S. The maximum atomic E-state index is 12.5. The van der Waals surface area contributed by atoms with Crippen molar-refractivity contribution in [2.75, 3.05) is 0 Å². The van der Waals surface area contributed by atoms with Crippen LogP contribution in [0, 0.1) is 5.41 Å². The average molecular weight is 403 g/mol. The van der Waals surface area contributed by atoms with Crippen molar-refractivity contribution in [1.82, 2.24) is 0 Å². The summed E-state index contributed by atoms with van der Waals surface area (Å²) in [6, 6.07) is 14.8. The number of benzene rings is 2. The molecule has 0 saturated heterocycles. The first-order valence-electron chi connectivity index (χ1n) is 7.69. The topological polar surface area (TPSA) is 64.7 Å². The number of amidine groups is 1. The zero-order valence-corrected chi connectivity index (χ0v) is 15.6. The Kier molecular flexibility index (Phi) is 4.31. The molecule has 2 aromatic carbocycles. The highest BCUT2D eigenvalue weighted by Gasteiger charge is 2.48. The first-order chi connectivity index (χ1) is 12.5. The van der Waals surface area contributed by atoms with Gasteiger partial charge >= 0.3 is 5.97 Å². The minimum Gasteiger partial charge on any atom is -0.383 e. The Morgan fingerprint density at radius 1 is 0.885 bits per heavy atom. The summed E-state index contributed by atoms with van der Waals surface area (Å²) in [6.45, 7) is 0. The number of thioether (sulfide) groups is 1. The van der Waals surface area contributed by atoms with E-state index in [1.54, 1.807) is 36.4 Å². The van der Waals surface area contributed by atoms with Gasteiger partial charge in [0.1, 0.15) is 0 Å². The van der Waals surface area contributed by atoms with Gasteiger partial charge in [-0.15, -0.1) is 0 Å². The molecule has 2 aliphatic rings. The van der Waals surface area contributed by atoms with E-state index in [4.69, 9.17) is 33.8 Å². The molecule has 0 atom stereocenters. The van der Waals surface area contributed by atoms with Gasteiger partial charge in [-0.2, -0.15) is 0 Å². The van der Waals surface area contributed by atoms with Gasteiger partial charge in [-0.3, -0.25) is 0 Å². The van der Waals surface area contributed by atoms with Gasteiger partial charge in [-0.05, 0) is 47.5 Å². The number of nitrogens with zero attached hydrogens (tertiary/aromatic N) is 1. The van der Waals surface area contributed by atoms with Crippen molar-refractivity contribution in [3.63, 3.8) is 0 Å². The molecule has 0 aliphatic carbocycles. The maximum Gasteiger partial charge on any atom is 0.356 e. The fourth-order valence-electron chi connectivity index (χ4n) is 2.76. The predicted molar refractivity (Wildman–Crippen MR) is 107 cm³/mol. The van der Waals surface area contributed by atoms with Crippen molar-refractivity contribution in [2.24, 2.45) is 16.3 Å². The Morgan fingerprint density at radius 3 is 1.73 bits per heavy atom. The monoisotopic (exact) mass is 402 g/mol. The number of carbonyl (C=O) groups excluding carboxylic acids is 1. The lowest BCUT2D eigenvalue weighted by atomic mass is 9.84. The summed E-state index contributed by atoms with van der Waals surface area (Å²) in [5.41, 5.74) is 6.66. The lowest BCUT2D eigenvalue weighted by Crippen LogP contribution is -2.37. The zero-order chi connectivity index (χ0) is 18.3. The van der Waals surface area contributed by atoms with E-state index in [0.717, 1.165) is 20.9 Å². The van der Waals surface area contributed by atoms with Gasteiger partial charge < -0.3 is 10.6 Å². The summed E-state index contributed by atoms with van der Waals surface area (Å²) in [7, 11) is 0. The van der Waals surface area contributed by atoms with Crippen LogP contribution in [0.5, 0.6) is 0 Å². The molecule has 4 nitrogen and oxygen atoms in total. The van der Waals surface area contributed by atoms with E-state index in [1.165, 1.54) is 11.8 Å². The number of oxime groups is 1. The molecule has 0 unspecified atom stereocenters. The molecule has 0 amide bonds. The predicted octanol–water partition coefficient (Wildman–Crippen LogP) is 4.94. The fourth-order valence-corrected chi connectivity index (χ4v) is 4.24. The van der Waals surface area contributed by atoms with Crippen LogP contribution >= 0.6 is 35.0 Å². The second kappa shape index (κ2) is 6.50. The Labute approximate surface area is 164 Å². The Morgan fingerprint density at radius 2 is 1.35 bits per heavy atom. The van der Waals surface area contributed by atoms with Gasteiger partial charge in [0.05, 0.1) is 0 Å². The van der Waals surface area contributed by atoms with E-state index < -0.39 is 11.4 Å². The van der Waals surface area contributed by atoms with E-state index in [9.17, 15) is 4.79 Å². The first-order valence-corrected chi connectivity index (χ1v) is 9.26. The summed E-state index contributed by atoms with van der Waals surface area (Å²) in [5, 5.41) is 4.96. The fraction of sp³-hybridized carbons (Fsp3) is 0.0526. The SMILES string of the molecule is NC1=NOC(=O)C12C=C(c1ccc(Cl)cc1)SC(c1ccc(Cl)cc1)=C2.